The molecule has 0 spiro atoms. The minimum atomic E-state index is -0.307. The van der Waals surface area contributed by atoms with Crippen molar-refractivity contribution in [2.24, 2.45) is 0 Å². The van der Waals surface area contributed by atoms with Crippen LogP contribution in [0.5, 0.6) is 0 Å². The molecule has 0 aliphatic carbocycles. The van der Waals surface area contributed by atoms with Crippen LogP contribution >= 0.6 is 20.7 Å². The first-order valence-electron chi connectivity index (χ1n) is 5.83. The van der Waals surface area contributed by atoms with Gasteiger partial charge in [-0.2, -0.15) is 0 Å². The smallest absolute Gasteiger partial charge is 0.357 e. The van der Waals surface area contributed by atoms with Gasteiger partial charge in [0.25, 0.3) is 0 Å². The Morgan fingerprint density at radius 3 is 3.00 bits per heavy atom. The normalized spacial score (nSPS) is 18.2. The van der Waals surface area contributed by atoms with Gasteiger partial charge >= 0.3 is 5.97 Å². The topological polar surface area (TPSA) is 42.4 Å². The molecule has 1 aliphatic heterocycles. The van der Waals surface area contributed by atoms with E-state index in [0.717, 1.165) is 30.9 Å². The monoisotopic (exact) mass is 272 g/mol. The molecule has 94 valence electrons. The van der Waals surface area contributed by atoms with Crippen molar-refractivity contribution in [3.05, 3.63) is 16.1 Å². The first-order chi connectivity index (χ1) is 8.20. The van der Waals surface area contributed by atoms with Crippen molar-refractivity contribution < 1.29 is 9.53 Å². The Morgan fingerprint density at radius 1 is 1.65 bits per heavy atom. The second-order valence-electron chi connectivity index (χ2n) is 4.10. The molecule has 0 N–H and O–H groups in total. The van der Waals surface area contributed by atoms with Crippen molar-refractivity contribution in [3.63, 3.8) is 0 Å². The highest BCUT2D eigenvalue weighted by atomic mass is 32.1. The van der Waals surface area contributed by atoms with Gasteiger partial charge in [-0.1, -0.05) is 9.39 Å². The first kappa shape index (κ1) is 12.9. The predicted octanol–water partition coefficient (Wildman–Crippen LogP) is 2.29. The molecular weight excluding hydrogens is 255 g/mol. The van der Waals surface area contributed by atoms with Crippen LogP contribution in [0.25, 0.3) is 0 Å². The van der Waals surface area contributed by atoms with Gasteiger partial charge in [-0.15, -0.1) is 11.3 Å². The lowest BCUT2D eigenvalue weighted by Crippen LogP contribution is -2.24. The summed E-state index contributed by atoms with van der Waals surface area (Å²) in [7, 11) is 2.74. The third-order valence-corrected chi connectivity index (χ3v) is 4.41. The fourth-order valence-corrected chi connectivity index (χ4v) is 3.18. The van der Waals surface area contributed by atoms with Crippen LogP contribution in [0.1, 0.15) is 41.2 Å². The van der Waals surface area contributed by atoms with Crippen molar-refractivity contribution in [2.75, 3.05) is 19.7 Å². The lowest BCUT2D eigenvalue weighted by molar-refractivity contribution is 0.0520. The summed E-state index contributed by atoms with van der Waals surface area (Å²) >= 11 is 1.57. The van der Waals surface area contributed by atoms with E-state index in [2.05, 4.69) is 19.0 Å². The van der Waals surface area contributed by atoms with Crippen LogP contribution in [0, 0.1) is 0 Å². The minimum Gasteiger partial charge on any atom is -0.461 e. The molecular formula is C11H17N2O2PS. The number of esters is 1. The molecule has 2 heterocycles. The summed E-state index contributed by atoms with van der Waals surface area (Å²) in [5, 5.41) is 2.88. The number of piperidine rings is 1. The highest BCUT2D eigenvalue weighted by Crippen LogP contribution is 2.31. The van der Waals surface area contributed by atoms with Gasteiger partial charge in [0.15, 0.2) is 5.69 Å². The highest BCUT2D eigenvalue weighted by Gasteiger charge is 2.22. The second-order valence-corrected chi connectivity index (χ2v) is 5.72. The van der Waals surface area contributed by atoms with Gasteiger partial charge in [0.2, 0.25) is 0 Å². The third kappa shape index (κ3) is 3.24. The van der Waals surface area contributed by atoms with E-state index in [-0.39, 0.29) is 5.97 Å². The molecule has 0 amide bonds. The Labute approximate surface area is 108 Å². The fraction of sp³-hybridized carbons (Fsp3) is 0.636. The molecule has 2 rings (SSSR count). The number of carbonyl (C=O) groups is 1. The van der Waals surface area contributed by atoms with Crippen LogP contribution in [0.3, 0.4) is 0 Å². The summed E-state index contributed by atoms with van der Waals surface area (Å²) < 4.78 is 7.19. The molecule has 0 radical (unpaired) electrons. The second kappa shape index (κ2) is 5.89. The van der Waals surface area contributed by atoms with Crippen molar-refractivity contribution >= 4 is 26.7 Å². The van der Waals surface area contributed by atoms with Gasteiger partial charge in [-0.3, -0.25) is 4.67 Å². The van der Waals surface area contributed by atoms with Crippen LogP contribution in [0.2, 0.25) is 0 Å². The van der Waals surface area contributed by atoms with E-state index < -0.39 is 0 Å². The summed E-state index contributed by atoms with van der Waals surface area (Å²) in [6, 6.07) is 0. The molecule has 1 aromatic heterocycles. The van der Waals surface area contributed by atoms with Crippen molar-refractivity contribution in [2.45, 2.75) is 25.7 Å². The Bertz CT molecular complexity index is 389. The summed E-state index contributed by atoms with van der Waals surface area (Å²) in [5.74, 6) is 0.193. The Morgan fingerprint density at radius 2 is 2.35 bits per heavy atom. The van der Waals surface area contributed by atoms with Crippen molar-refractivity contribution in [3.8, 4) is 0 Å². The molecule has 6 heteroatoms. The van der Waals surface area contributed by atoms with Gasteiger partial charge in [0.05, 0.1) is 11.6 Å². The number of nitrogens with zero attached hydrogens (tertiary/aromatic N) is 2. The quantitative estimate of drug-likeness (QED) is 0.625. The minimum absolute atomic E-state index is 0.307. The average molecular weight is 272 g/mol. The van der Waals surface area contributed by atoms with Crippen molar-refractivity contribution in [1.82, 2.24) is 9.65 Å². The standard InChI is InChI=1S/C11H17N2O2PS/c1-2-15-11(14)9-7-17-10(12-9)8-3-5-13(16)6-4-8/h7-8H,2-6,16H2,1H3. The largest absolute Gasteiger partial charge is 0.461 e. The van der Waals surface area contributed by atoms with Crippen LogP contribution in [-0.2, 0) is 4.74 Å². The Hall–Kier alpha value is -0.510. The number of hydrogen-bond acceptors (Lipinski definition) is 5. The van der Waals surface area contributed by atoms with Crippen molar-refractivity contribution in [1.29, 1.82) is 0 Å². The SMILES string of the molecule is CCOC(=O)c1csc(C2CCN(P)CC2)n1. The average Bonchev–Trinajstić information content (AvgIpc) is 2.80. The van der Waals surface area contributed by atoms with Gasteiger partial charge < -0.3 is 4.74 Å². The maximum absolute atomic E-state index is 11.5. The number of aromatic nitrogens is 1. The molecule has 1 fully saturated rings. The molecule has 1 saturated heterocycles. The van der Waals surface area contributed by atoms with Crippen LogP contribution in [-0.4, -0.2) is 35.3 Å². The first-order valence-corrected chi connectivity index (χ1v) is 7.22. The molecule has 4 nitrogen and oxygen atoms in total. The lowest BCUT2D eigenvalue weighted by atomic mass is 9.99. The summed E-state index contributed by atoms with van der Waals surface area (Å²) in [6.07, 6.45) is 2.22. The number of ether oxygens (including phenoxy) is 1. The van der Waals surface area contributed by atoms with Gasteiger partial charge in [-0.05, 0) is 19.8 Å². The molecule has 0 saturated carbocycles. The summed E-state index contributed by atoms with van der Waals surface area (Å²) in [5.41, 5.74) is 0.458. The van der Waals surface area contributed by atoms with E-state index in [1.807, 2.05) is 0 Å². The zero-order chi connectivity index (χ0) is 12.3. The van der Waals surface area contributed by atoms with E-state index in [4.69, 9.17) is 4.74 Å². The number of rotatable bonds is 3. The molecule has 17 heavy (non-hydrogen) atoms. The van der Waals surface area contributed by atoms with Gasteiger partial charge in [0, 0.05) is 24.4 Å². The Balaban J connectivity index is 2.00. The van der Waals surface area contributed by atoms with Gasteiger partial charge in [-0.25, -0.2) is 9.78 Å². The maximum atomic E-state index is 11.5. The van der Waals surface area contributed by atoms with E-state index in [0.29, 0.717) is 18.2 Å². The van der Waals surface area contributed by atoms with Crippen LogP contribution in [0.4, 0.5) is 0 Å². The summed E-state index contributed by atoms with van der Waals surface area (Å²) in [6.45, 7) is 4.35. The summed E-state index contributed by atoms with van der Waals surface area (Å²) in [4.78, 5) is 15.9. The zero-order valence-electron chi connectivity index (χ0n) is 9.89. The zero-order valence-corrected chi connectivity index (χ0v) is 11.9. The van der Waals surface area contributed by atoms with Gasteiger partial charge in [0.1, 0.15) is 0 Å². The molecule has 1 atom stereocenters. The Kier molecular flexibility index (Phi) is 4.48. The number of carbonyl (C=O) groups excluding carboxylic acids is 1. The molecule has 1 unspecified atom stereocenters. The highest BCUT2D eigenvalue weighted by molar-refractivity contribution is 7.13. The number of hydrogen-bond donors (Lipinski definition) is 0. The van der Waals surface area contributed by atoms with Crippen LogP contribution in [0.15, 0.2) is 5.38 Å². The van der Waals surface area contributed by atoms with E-state index in [9.17, 15) is 4.79 Å². The fourth-order valence-electron chi connectivity index (χ4n) is 1.92. The molecule has 1 aliphatic rings. The molecule has 1 aromatic rings. The van der Waals surface area contributed by atoms with Crippen LogP contribution < -0.4 is 0 Å². The predicted molar refractivity (Wildman–Crippen MR) is 71.3 cm³/mol. The van der Waals surface area contributed by atoms with E-state index >= 15 is 0 Å². The third-order valence-electron chi connectivity index (χ3n) is 2.89. The molecule has 0 aromatic carbocycles. The van der Waals surface area contributed by atoms with E-state index in [1.165, 1.54) is 0 Å². The lowest BCUT2D eigenvalue weighted by Gasteiger charge is -2.27. The maximum Gasteiger partial charge on any atom is 0.357 e. The van der Waals surface area contributed by atoms with E-state index in [1.54, 1.807) is 23.6 Å². The number of thiazole rings is 1. The molecule has 0 bridgehead atoms.